The van der Waals surface area contributed by atoms with E-state index in [1.54, 1.807) is 33.4 Å². The van der Waals surface area contributed by atoms with Crippen molar-refractivity contribution in [1.82, 2.24) is 15.0 Å². The van der Waals surface area contributed by atoms with Gasteiger partial charge in [-0.25, -0.2) is 0 Å². The molecule has 21 heavy (non-hydrogen) atoms. The number of carbonyl (C=O) groups excluding carboxylic acids is 1. The SMILES string of the molecule is COc1ccc(-c2noc(CN(C)C(C)=O)n2)cc1OC. The number of ether oxygens (including phenoxy) is 2. The van der Waals surface area contributed by atoms with Gasteiger partial charge in [-0.3, -0.25) is 4.79 Å². The Kier molecular flexibility index (Phi) is 4.42. The molecule has 1 aromatic heterocycles. The van der Waals surface area contributed by atoms with Crippen molar-refractivity contribution in [2.45, 2.75) is 13.5 Å². The zero-order valence-corrected chi connectivity index (χ0v) is 12.4. The van der Waals surface area contributed by atoms with Crippen LogP contribution in [-0.4, -0.2) is 42.2 Å². The Morgan fingerprint density at radius 1 is 1.29 bits per heavy atom. The first-order chi connectivity index (χ1) is 10.0. The van der Waals surface area contributed by atoms with Crippen molar-refractivity contribution in [3.63, 3.8) is 0 Å². The van der Waals surface area contributed by atoms with Crippen molar-refractivity contribution < 1.29 is 18.8 Å². The van der Waals surface area contributed by atoms with Crippen molar-refractivity contribution in [3.05, 3.63) is 24.1 Å². The summed E-state index contributed by atoms with van der Waals surface area (Å²) in [5.41, 5.74) is 0.744. The third-order valence-corrected chi connectivity index (χ3v) is 3.02. The number of amides is 1. The summed E-state index contributed by atoms with van der Waals surface area (Å²) >= 11 is 0. The lowest BCUT2D eigenvalue weighted by Crippen LogP contribution is -2.23. The second kappa shape index (κ2) is 6.25. The fraction of sp³-hybridized carbons (Fsp3) is 0.357. The smallest absolute Gasteiger partial charge is 0.246 e. The van der Waals surface area contributed by atoms with Crippen molar-refractivity contribution in [2.24, 2.45) is 0 Å². The molecule has 112 valence electrons. The van der Waals surface area contributed by atoms with Crippen molar-refractivity contribution >= 4 is 5.91 Å². The summed E-state index contributed by atoms with van der Waals surface area (Å²) in [6, 6.07) is 5.35. The van der Waals surface area contributed by atoms with Crippen molar-refractivity contribution in [2.75, 3.05) is 21.3 Å². The number of rotatable bonds is 5. The molecule has 7 heteroatoms. The molecule has 1 aromatic carbocycles. The van der Waals surface area contributed by atoms with Crippen LogP contribution in [0.5, 0.6) is 11.5 Å². The molecule has 0 aliphatic rings. The predicted molar refractivity (Wildman–Crippen MR) is 75.0 cm³/mol. The molecule has 2 rings (SSSR count). The van der Waals surface area contributed by atoms with Gasteiger partial charge < -0.3 is 18.9 Å². The molecule has 0 aliphatic carbocycles. The zero-order chi connectivity index (χ0) is 15.4. The van der Waals surface area contributed by atoms with E-state index in [2.05, 4.69) is 10.1 Å². The van der Waals surface area contributed by atoms with Crippen LogP contribution in [0.4, 0.5) is 0 Å². The lowest BCUT2D eigenvalue weighted by molar-refractivity contribution is -0.128. The Morgan fingerprint density at radius 3 is 2.62 bits per heavy atom. The number of hydrogen-bond donors (Lipinski definition) is 0. The van der Waals surface area contributed by atoms with Crippen LogP contribution in [-0.2, 0) is 11.3 Å². The van der Waals surface area contributed by atoms with Crippen LogP contribution in [0, 0.1) is 0 Å². The van der Waals surface area contributed by atoms with E-state index in [4.69, 9.17) is 14.0 Å². The van der Waals surface area contributed by atoms with Gasteiger partial charge in [-0.05, 0) is 18.2 Å². The Morgan fingerprint density at radius 2 is 2.00 bits per heavy atom. The lowest BCUT2D eigenvalue weighted by Gasteiger charge is -2.10. The summed E-state index contributed by atoms with van der Waals surface area (Å²) in [6.07, 6.45) is 0. The van der Waals surface area contributed by atoms with E-state index in [0.29, 0.717) is 23.2 Å². The molecule has 0 atom stereocenters. The topological polar surface area (TPSA) is 77.7 Å². The van der Waals surface area contributed by atoms with E-state index in [-0.39, 0.29) is 12.5 Å². The first-order valence-corrected chi connectivity index (χ1v) is 6.32. The van der Waals surface area contributed by atoms with Crippen LogP contribution < -0.4 is 9.47 Å². The number of methoxy groups -OCH3 is 2. The Labute approximate surface area is 122 Å². The lowest BCUT2D eigenvalue weighted by atomic mass is 10.2. The van der Waals surface area contributed by atoms with Crippen LogP contribution in [0.2, 0.25) is 0 Å². The van der Waals surface area contributed by atoms with Crippen LogP contribution in [0.3, 0.4) is 0 Å². The largest absolute Gasteiger partial charge is 0.493 e. The van der Waals surface area contributed by atoms with Gasteiger partial charge in [-0.15, -0.1) is 0 Å². The van der Waals surface area contributed by atoms with Crippen LogP contribution in [0.1, 0.15) is 12.8 Å². The van der Waals surface area contributed by atoms with Gasteiger partial charge in [0.15, 0.2) is 11.5 Å². The molecule has 0 aliphatic heterocycles. The van der Waals surface area contributed by atoms with Gasteiger partial charge in [0.1, 0.15) is 0 Å². The number of benzene rings is 1. The fourth-order valence-electron chi connectivity index (χ4n) is 1.73. The quantitative estimate of drug-likeness (QED) is 0.835. The zero-order valence-electron chi connectivity index (χ0n) is 12.4. The van der Waals surface area contributed by atoms with E-state index in [1.807, 2.05) is 6.07 Å². The minimum atomic E-state index is -0.0686. The van der Waals surface area contributed by atoms with E-state index < -0.39 is 0 Å². The van der Waals surface area contributed by atoms with Crippen LogP contribution in [0.15, 0.2) is 22.7 Å². The van der Waals surface area contributed by atoms with E-state index >= 15 is 0 Å². The number of nitrogens with zero attached hydrogens (tertiary/aromatic N) is 3. The highest BCUT2D eigenvalue weighted by Crippen LogP contribution is 2.31. The molecule has 0 N–H and O–H groups in total. The average Bonchev–Trinajstić information content (AvgIpc) is 2.94. The Hall–Kier alpha value is -2.57. The molecule has 7 nitrogen and oxygen atoms in total. The number of aromatic nitrogens is 2. The Bertz CT molecular complexity index is 639. The molecular weight excluding hydrogens is 274 g/mol. The normalized spacial score (nSPS) is 10.3. The summed E-state index contributed by atoms with van der Waals surface area (Å²) < 4.78 is 15.6. The first-order valence-electron chi connectivity index (χ1n) is 6.32. The van der Waals surface area contributed by atoms with Crippen LogP contribution >= 0.6 is 0 Å². The highest BCUT2D eigenvalue weighted by atomic mass is 16.5. The third-order valence-electron chi connectivity index (χ3n) is 3.02. The fourth-order valence-corrected chi connectivity index (χ4v) is 1.73. The summed E-state index contributed by atoms with van der Waals surface area (Å²) in [7, 11) is 4.80. The first kappa shape index (κ1) is 14.8. The molecule has 2 aromatic rings. The second-order valence-corrected chi connectivity index (χ2v) is 4.46. The predicted octanol–water partition coefficient (Wildman–Crippen LogP) is 1.73. The van der Waals surface area contributed by atoms with E-state index in [9.17, 15) is 4.79 Å². The van der Waals surface area contributed by atoms with Gasteiger partial charge in [-0.2, -0.15) is 4.98 Å². The van der Waals surface area contributed by atoms with Crippen molar-refractivity contribution in [1.29, 1.82) is 0 Å². The number of hydrogen-bond acceptors (Lipinski definition) is 6. The summed E-state index contributed by atoms with van der Waals surface area (Å²) in [5.74, 6) is 1.95. The average molecular weight is 291 g/mol. The van der Waals surface area contributed by atoms with Gasteiger partial charge in [0, 0.05) is 19.5 Å². The molecule has 0 spiro atoms. The summed E-state index contributed by atoms with van der Waals surface area (Å²) in [6.45, 7) is 1.75. The molecular formula is C14H17N3O4. The maximum absolute atomic E-state index is 11.2. The standard InChI is InChI=1S/C14H17N3O4/c1-9(18)17(2)8-13-15-14(16-21-13)10-5-6-11(19-3)12(7-10)20-4/h5-7H,8H2,1-4H3. The highest BCUT2D eigenvalue weighted by Gasteiger charge is 2.14. The third kappa shape index (κ3) is 3.31. The minimum Gasteiger partial charge on any atom is -0.493 e. The van der Waals surface area contributed by atoms with Crippen LogP contribution in [0.25, 0.3) is 11.4 Å². The maximum Gasteiger partial charge on any atom is 0.246 e. The van der Waals surface area contributed by atoms with Gasteiger partial charge in [0.25, 0.3) is 0 Å². The van der Waals surface area contributed by atoms with Gasteiger partial charge in [0.05, 0.1) is 20.8 Å². The second-order valence-electron chi connectivity index (χ2n) is 4.46. The molecule has 0 radical (unpaired) electrons. The summed E-state index contributed by atoms with van der Waals surface area (Å²) in [4.78, 5) is 16.9. The van der Waals surface area contributed by atoms with E-state index in [0.717, 1.165) is 5.56 Å². The van der Waals surface area contributed by atoms with Gasteiger partial charge >= 0.3 is 0 Å². The summed E-state index contributed by atoms with van der Waals surface area (Å²) in [5, 5.41) is 3.91. The molecule has 0 fully saturated rings. The highest BCUT2D eigenvalue weighted by molar-refractivity contribution is 5.72. The number of carbonyl (C=O) groups is 1. The Balaban J connectivity index is 2.23. The molecule has 0 unspecified atom stereocenters. The molecule has 0 bridgehead atoms. The molecule has 0 saturated heterocycles. The van der Waals surface area contributed by atoms with Gasteiger partial charge in [0.2, 0.25) is 17.6 Å². The minimum absolute atomic E-state index is 0.0686. The van der Waals surface area contributed by atoms with Crippen molar-refractivity contribution in [3.8, 4) is 22.9 Å². The molecule has 1 amide bonds. The van der Waals surface area contributed by atoms with Gasteiger partial charge in [-0.1, -0.05) is 5.16 Å². The maximum atomic E-state index is 11.2. The van der Waals surface area contributed by atoms with E-state index in [1.165, 1.54) is 11.8 Å². The monoisotopic (exact) mass is 291 g/mol. The molecule has 1 heterocycles. The molecule has 0 saturated carbocycles.